The standard InChI is InChI=1S/C26H25F4N7O2/c1-13(34-20-12-33-36-24(38)21(20)26(28,29)30)3-2-7-37-8-6-15-9-17(19(27)10-16(15)25(37)39)23-32-11-18(14-4-5-14)22(31)35-23/h6,8-14H,2-5,7H2,1H3,(H2,31,32,35)(H2,34,36,38). The van der Waals surface area contributed by atoms with E-state index < -0.39 is 40.4 Å². The van der Waals surface area contributed by atoms with E-state index in [-0.39, 0.29) is 23.3 Å². The van der Waals surface area contributed by atoms with Crippen LogP contribution in [0.1, 0.15) is 49.7 Å². The highest BCUT2D eigenvalue weighted by Crippen LogP contribution is 2.42. The molecular weight excluding hydrogens is 518 g/mol. The van der Waals surface area contributed by atoms with Crippen LogP contribution in [0.5, 0.6) is 0 Å². The molecule has 0 saturated heterocycles. The summed E-state index contributed by atoms with van der Waals surface area (Å²) in [6, 6.07) is 3.90. The molecule has 3 aromatic heterocycles. The molecule has 1 saturated carbocycles. The van der Waals surface area contributed by atoms with Crippen LogP contribution < -0.4 is 22.2 Å². The molecule has 1 aliphatic rings. The Balaban J connectivity index is 1.29. The highest BCUT2D eigenvalue weighted by molar-refractivity contribution is 5.86. The molecule has 0 bridgehead atoms. The number of benzene rings is 1. The molecule has 4 aromatic rings. The fraction of sp³-hybridized carbons (Fsp3) is 0.346. The van der Waals surface area contributed by atoms with Crippen LogP contribution in [-0.2, 0) is 12.7 Å². The number of hydrogen-bond donors (Lipinski definition) is 3. The number of halogens is 4. The molecule has 0 amide bonds. The van der Waals surface area contributed by atoms with E-state index in [0.29, 0.717) is 30.0 Å². The zero-order valence-electron chi connectivity index (χ0n) is 20.8. The SMILES string of the molecule is CC(CCCn1ccc2cc(-c3ncc(C4CC4)c(N)n3)c(F)cc2c1=O)Nc1cn[nH]c(=O)c1C(F)(F)F. The first-order valence-corrected chi connectivity index (χ1v) is 12.4. The van der Waals surface area contributed by atoms with Crippen LogP contribution >= 0.6 is 0 Å². The summed E-state index contributed by atoms with van der Waals surface area (Å²) in [5.41, 5.74) is 3.56. The van der Waals surface area contributed by atoms with E-state index in [1.165, 1.54) is 10.6 Å². The highest BCUT2D eigenvalue weighted by atomic mass is 19.4. The van der Waals surface area contributed by atoms with Crippen molar-refractivity contribution < 1.29 is 17.6 Å². The summed E-state index contributed by atoms with van der Waals surface area (Å²) in [6.45, 7) is 1.92. The molecule has 0 radical (unpaired) electrons. The van der Waals surface area contributed by atoms with Gasteiger partial charge < -0.3 is 15.6 Å². The van der Waals surface area contributed by atoms with Crippen molar-refractivity contribution in [3.8, 4) is 11.4 Å². The number of nitrogens with two attached hydrogens (primary N) is 1. The van der Waals surface area contributed by atoms with Crippen molar-refractivity contribution in [2.45, 2.75) is 57.3 Å². The fourth-order valence-corrected chi connectivity index (χ4v) is 4.59. The van der Waals surface area contributed by atoms with Gasteiger partial charge in [-0.2, -0.15) is 18.3 Å². The minimum Gasteiger partial charge on any atom is -0.383 e. The zero-order valence-corrected chi connectivity index (χ0v) is 20.8. The molecule has 1 fully saturated rings. The summed E-state index contributed by atoms with van der Waals surface area (Å²) in [4.78, 5) is 33.2. The van der Waals surface area contributed by atoms with Crippen LogP contribution in [0.4, 0.5) is 29.1 Å². The molecule has 3 heterocycles. The number of nitrogens with zero attached hydrogens (tertiary/aromatic N) is 4. The van der Waals surface area contributed by atoms with E-state index in [1.807, 2.05) is 0 Å². The van der Waals surface area contributed by atoms with Crippen molar-refractivity contribution >= 4 is 22.3 Å². The fourth-order valence-electron chi connectivity index (χ4n) is 4.59. The van der Waals surface area contributed by atoms with Gasteiger partial charge in [-0.15, -0.1) is 0 Å². The number of nitrogen functional groups attached to an aromatic ring is 1. The Kier molecular flexibility index (Phi) is 6.83. The summed E-state index contributed by atoms with van der Waals surface area (Å²) >= 11 is 0. The first kappa shape index (κ1) is 26.3. The van der Waals surface area contributed by atoms with Gasteiger partial charge in [-0.1, -0.05) is 0 Å². The minimum atomic E-state index is -4.84. The van der Waals surface area contributed by atoms with Gasteiger partial charge >= 0.3 is 6.18 Å². The van der Waals surface area contributed by atoms with Gasteiger partial charge in [0.15, 0.2) is 5.82 Å². The van der Waals surface area contributed by atoms with Gasteiger partial charge in [0.1, 0.15) is 17.2 Å². The maximum atomic E-state index is 15.0. The summed E-state index contributed by atoms with van der Waals surface area (Å²) in [7, 11) is 0. The third-order valence-corrected chi connectivity index (χ3v) is 6.75. The summed E-state index contributed by atoms with van der Waals surface area (Å²) < 4.78 is 56.2. The molecule has 1 aliphatic carbocycles. The smallest absolute Gasteiger partial charge is 0.383 e. The van der Waals surface area contributed by atoms with Crippen LogP contribution in [-0.4, -0.2) is 30.8 Å². The summed E-state index contributed by atoms with van der Waals surface area (Å²) in [6.07, 6.45) is 2.16. The second-order valence-electron chi connectivity index (χ2n) is 9.72. The monoisotopic (exact) mass is 543 g/mol. The predicted octanol–water partition coefficient (Wildman–Crippen LogP) is 4.44. The Morgan fingerprint density at radius 2 is 2.00 bits per heavy atom. The molecular formula is C26H25F4N7O2. The number of alkyl halides is 3. The lowest BCUT2D eigenvalue weighted by Gasteiger charge is -2.18. The van der Waals surface area contributed by atoms with Crippen LogP contribution in [0.3, 0.4) is 0 Å². The maximum absolute atomic E-state index is 15.0. The van der Waals surface area contributed by atoms with Gasteiger partial charge in [-0.05, 0) is 62.1 Å². The largest absolute Gasteiger partial charge is 0.423 e. The van der Waals surface area contributed by atoms with E-state index in [1.54, 1.807) is 30.5 Å². The normalized spacial score (nSPS) is 14.5. The molecule has 0 aliphatic heterocycles. The number of aromatic amines is 1. The lowest BCUT2D eigenvalue weighted by atomic mass is 10.1. The average molecular weight is 544 g/mol. The molecule has 204 valence electrons. The van der Waals surface area contributed by atoms with Crippen molar-refractivity contribution in [3.05, 3.63) is 74.4 Å². The third-order valence-electron chi connectivity index (χ3n) is 6.75. The molecule has 5 rings (SSSR count). The first-order valence-electron chi connectivity index (χ1n) is 12.4. The van der Waals surface area contributed by atoms with E-state index in [9.17, 15) is 22.8 Å². The Hall–Kier alpha value is -4.29. The van der Waals surface area contributed by atoms with E-state index in [2.05, 4.69) is 20.4 Å². The third kappa shape index (κ3) is 5.47. The maximum Gasteiger partial charge on any atom is 0.423 e. The van der Waals surface area contributed by atoms with Gasteiger partial charge in [-0.3, -0.25) is 9.59 Å². The Morgan fingerprint density at radius 1 is 1.23 bits per heavy atom. The number of nitrogens with one attached hydrogen (secondary N) is 2. The molecule has 1 unspecified atom stereocenters. The number of anilines is 2. The molecule has 1 aromatic carbocycles. The molecule has 4 N–H and O–H groups in total. The molecule has 9 nitrogen and oxygen atoms in total. The lowest BCUT2D eigenvalue weighted by Crippen LogP contribution is -2.27. The Labute approximate surface area is 219 Å². The number of H-pyrrole nitrogens is 1. The van der Waals surface area contributed by atoms with Crippen molar-refractivity contribution in [2.24, 2.45) is 0 Å². The lowest BCUT2D eigenvalue weighted by molar-refractivity contribution is -0.138. The average Bonchev–Trinajstić information content (AvgIpc) is 3.70. The molecule has 13 heteroatoms. The van der Waals surface area contributed by atoms with Crippen LogP contribution in [0.15, 0.2) is 46.4 Å². The van der Waals surface area contributed by atoms with Crippen molar-refractivity contribution in [1.82, 2.24) is 24.7 Å². The number of hydrogen-bond acceptors (Lipinski definition) is 7. The zero-order chi connectivity index (χ0) is 27.9. The van der Waals surface area contributed by atoms with Gasteiger partial charge in [0.2, 0.25) is 0 Å². The van der Waals surface area contributed by atoms with E-state index in [4.69, 9.17) is 5.73 Å². The van der Waals surface area contributed by atoms with Gasteiger partial charge in [0, 0.05) is 30.5 Å². The van der Waals surface area contributed by atoms with Crippen molar-refractivity contribution in [1.29, 1.82) is 0 Å². The highest BCUT2D eigenvalue weighted by Gasteiger charge is 2.37. The Bertz CT molecular complexity index is 1660. The van der Waals surface area contributed by atoms with E-state index in [0.717, 1.165) is 30.7 Å². The van der Waals surface area contributed by atoms with Gasteiger partial charge in [0.05, 0.1) is 22.8 Å². The van der Waals surface area contributed by atoms with Crippen molar-refractivity contribution in [3.63, 3.8) is 0 Å². The topological polar surface area (TPSA) is 132 Å². The number of rotatable bonds is 8. The number of aromatic nitrogens is 5. The Morgan fingerprint density at radius 3 is 2.69 bits per heavy atom. The van der Waals surface area contributed by atoms with Crippen LogP contribution in [0.2, 0.25) is 0 Å². The summed E-state index contributed by atoms with van der Waals surface area (Å²) in [5, 5.41) is 8.59. The van der Waals surface area contributed by atoms with E-state index >= 15 is 4.39 Å². The minimum absolute atomic E-state index is 0.140. The number of pyridine rings is 1. The molecule has 0 spiro atoms. The van der Waals surface area contributed by atoms with Crippen molar-refractivity contribution in [2.75, 3.05) is 11.1 Å². The molecule has 39 heavy (non-hydrogen) atoms. The van der Waals surface area contributed by atoms with Crippen LogP contribution in [0, 0.1) is 5.82 Å². The predicted molar refractivity (Wildman–Crippen MR) is 138 cm³/mol. The number of aryl methyl sites for hydroxylation is 1. The summed E-state index contributed by atoms with van der Waals surface area (Å²) in [5.74, 6) is 0.174. The van der Waals surface area contributed by atoms with Gasteiger partial charge in [0.25, 0.3) is 11.1 Å². The second-order valence-corrected chi connectivity index (χ2v) is 9.72. The molecule has 1 atom stereocenters. The van der Waals surface area contributed by atoms with Gasteiger partial charge in [-0.25, -0.2) is 19.5 Å². The van der Waals surface area contributed by atoms with Crippen LogP contribution in [0.25, 0.3) is 22.2 Å². The number of fused-ring (bicyclic) bond motifs is 1. The first-order chi connectivity index (χ1) is 18.5. The second kappa shape index (κ2) is 10.1. The quantitative estimate of drug-likeness (QED) is 0.280.